The molecule has 2 aromatic carbocycles. The summed E-state index contributed by atoms with van der Waals surface area (Å²) in [6.07, 6.45) is 0.962. The lowest BCUT2D eigenvalue weighted by Gasteiger charge is -2.23. The molecule has 7 rings (SSSR count). The molecule has 4 aromatic rings. The SMILES string of the molecule is CC(=O)[C@@]12CC1[C@@H](n1cnc3c(NC4CC4c4ccccc4)nc(C#Cc4ccccc4)nc31)[C@H](O)C2O. The summed E-state index contributed by atoms with van der Waals surface area (Å²) in [6.45, 7) is 1.49. The lowest BCUT2D eigenvalue weighted by molar-refractivity contribution is -0.128. The molecule has 3 aliphatic rings. The molecule has 0 amide bonds. The number of carbonyl (C=O) groups excluding carboxylic acids is 1. The standard InChI is InChI=1S/C30H27N5O3/c1-17(36)30-15-21(30)25(26(37)27(30)38)35-16-31-24-28(32-22-14-20(22)19-10-6-3-7-11-19)33-23(34-29(24)35)13-12-18-8-4-2-5-9-18/h2-11,16,20-22,25-27,37-38H,14-15H2,1H3,(H,32,33,34)/t20?,21?,22?,25-,26+,27?,30+/m1/s1. The van der Waals surface area contributed by atoms with Crippen LogP contribution in [0.4, 0.5) is 5.82 Å². The molecule has 0 aliphatic heterocycles. The van der Waals surface area contributed by atoms with E-state index in [4.69, 9.17) is 9.97 Å². The van der Waals surface area contributed by atoms with Crippen molar-refractivity contribution in [3.8, 4) is 11.8 Å². The Kier molecular flexibility index (Phi) is 5.15. The first-order valence-electron chi connectivity index (χ1n) is 13.0. The van der Waals surface area contributed by atoms with E-state index in [0.717, 1.165) is 12.0 Å². The lowest BCUT2D eigenvalue weighted by Crippen LogP contribution is -2.36. The zero-order valence-electron chi connectivity index (χ0n) is 20.8. The normalized spacial score (nSPS) is 30.8. The largest absolute Gasteiger partial charge is 0.389 e. The van der Waals surface area contributed by atoms with E-state index in [1.807, 2.05) is 48.5 Å². The number of aliphatic hydroxyl groups is 2. The third kappa shape index (κ3) is 3.54. The highest BCUT2D eigenvalue weighted by atomic mass is 16.3. The van der Waals surface area contributed by atoms with Gasteiger partial charge in [0, 0.05) is 17.5 Å². The summed E-state index contributed by atoms with van der Waals surface area (Å²) in [5.41, 5.74) is 2.35. The first-order chi connectivity index (χ1) is 18.5. The van der Waals surface area contributed by atoms with Crippen molar-refractivity contribution in [3.05, 3.63) is 83.9 Å². The predicted octanol–water partition coefficient (Wildman–Crippen LogP) is 3.07. The van der Waals surface area contributed by atoms with Gasteiger partial charge >= 0.3 is 0 Å². The summed E-state index contributed by atoms with van der Waals surface area (Å²) in [6, 6.07) is 19.7. The number of hydrogen-bond acceptors (Lipinski definition) is 7. The molecule has 190 valence electrons. The summed E-state index contributed by atoms with van der Waals surface area (Å²) in [5.74, 6) is 7.27. The molecule has 2 aromatic heterocycles. The van der Waals surface area contributed by atoms with Crippen LogP contribution in [0.2, 0.25) is 0 Å². The number of imidazole rings is 1. The number of fused-ring (bicyclic) bond motifs is 2. The van der Waals surface area contributed by atoms with Gasteiger partial charge in [0.05, 0.1) is 23.9 Å². The summed E-state index contributed by atoms with van der Waals surface area (Å²) < 4.78 is 1.80. The highest BCUT2D eigenvalue weighted by Crippen LogP contribution is 2.68. The Balaban J connectivity index is 1.28. The molecule has 38 heavy (non-hydrogen) atoms. The van der Waals surface area contributed by atoms with Crippen LogP contribution in [0, 0.1) is 23.2 Å². The highest BCUT2D eigenvalue weighted by Gasteiger charge is 2.74. The zero-order valence-corrected chi connectivity index (χ0v) is 20.8. The van der Waals surface area contributed by atoms with E-state index in [1.54, 1.807) is 10.9 Å². The number of nitrogens with zero attached hydrogens (tertiary/aromatic N) is 4. The van der Waals surface area contributed by atoms with Crippen LogP contribution in [-0.2, 0) is 4.79 Å². The van der Waals surface area contributed by atoms with Gasteiger partial charge in [0.1, 0.15) is 11.9 Å². The minimum Gasteiger partial charge on any atom is -0.389 e. The highest BCUT2D eigenvalue weighted by molar-refractivity contribution is 5.88. The number of carbonyl (C=O) groups is 1. The molecule has 4 unspecified atom stereocenters. The predicted molar refractivity (Wildman–Crippen MR) is 141 cm³/mol. The fraction of sp³-hybridized carbons (Fsp3) is 0.333. The number of aromatic nitrogens is 4. The number of anilines is 1. The average Bonchev–Trinajstić information content (AvgIpc) is 3.82. The topological polar surface area (TPSA) is 113 Å². The minimum absolute atomic E-state index is 0.0898. The van der Waals surface area contributed by atoms with Crippen molar-refractivity contribution in [2.45, 2.75) is 50.0 Å². The van der Waals surface area contributed by atoms with Gasteiger partial charge in [-0.25, -0.2) is 15.0 Å². The van der Waals surface area contributed by atoms with Gasteiger partial charge in [-0.05, 0) is 49.3 Å². The fourth-order valence-electron chi connectivity index (χ4n) is 6.31. The van der Waals surface area contributed by atoms with E-state index in [0.29, 0.717) is 35.1 Å². The second-order valence-corrected chi connectivity index (χ2v) is 10.7. The van der Waals surface area contributed by atoms with Crippen molar-refractivity contribution in [1.82, 2.24) is 19.5 Å². The van der Waals surface area contributed by atoms with Crippen molar-refractivity contribution in [1.29, 1.82) is 0 Å². The first-order valence-corrected chi connectivity index (χ1v) is 13.0. The molecular weight excluding hydrogens is 478 g/mol. The smallest absolute Gasteiger partial charge is 0.209 e. The maximum Gasteiger partial charge on any atom is 0.209 e. The van der Waals surface area contributed by atoms with E-state index >= 15 is 0 Å². The molecule has 7 atom stereocenters. The molecule has 3 aliphatic carbocycles. The molecule has 3 N–H and O–H groups in total. The second-order valence-electron chi connectivity index (χ2n) is 10.7. The molecule has 2 heterocycles. The Bertz CT molecular complexity index is 1610. The molecule has 0 radical (unpaired) electrons. The van der Waals surface area contributed by atoms with Crippen LogP contribution in [0.25, 0.3) is 11.2 Å². The van der Waals surface area contributed by atoms with Gasteiger partial charge in [-0.15, -0.1) is 0 Å². The molecule has 3 fully saturated rings. The van der Waals surface area contributed by atoms with Crippen LogP contribution in [0.3, 0.4) is 0 Å². The molecule has 0 spiro atoms. The summed E-state index contributed by atoms with van der Waals surface area (Å²) >= 11 is 0. The van der Waals surface area contributed by atoms with Crippen molar-refractivity contribution in [2.75, 3.05) is 5.32 Å². The third-order valence-electron chi connectivity index (χ3n) is 8.50. The quantitative estimate of drug-likeness (QED) is 0.357. The number of ketones is 1. The van der Waals surface area contributed by atoms with Crippen LogP contribution >= 0.6 is 0 Å². The van der Waals surface area contributed by atoms with Crippen LogP contribution < -0.4 is 5.32 Å². The average molecular weight is 506 g/mol. The van der Waals surface area contributed by atoms with Crippen LogP contribution in [0.1, 0.15) is 48.7 Å². The van der Waals surface area contributed by atoms with E-state index in [1.165, 1.54) is 12.5 Å². The lowest BCUT2D eigenvalue weighted by atomic mass is 9.95. The maximum absolute atomic E-state index is 12.4. The number of benzene rings is 2. The molecular formula is C30H27N5O3. The zero-order chi connectivity index (χ0) is 26.0. The van der Waals surface area contributed by atoms with Gasteiger partial charge in [-0.3, -0.25) is 4.79 Å². The third-order valence-corrected chi connectivity index (χ3v) is 8.50. The number of aliphatic hydroxyl groups excluding tert-OH is 2. The van der Waals surface area contributed by atoms with Crippen molar-refractivity contribution < 1.29 is 15.0 Å². The monoisotopic (exact) mass is 505 g/mol. The Morgan fingerprint density at radius 3 is 2.50 bits per heavy atom. The van der Waals surface area contributed by atoms with E-state index in [2.05, 4.69) is 34.3 Å². The van der Waals surface area contributed by atoms with Crippen molar-refractivity contribution in [2.24, 2.45) is 11.3 Å². The molecule has 8 heteroatoms. The maximum atomic E-state index is 12.4. The fourth-order valence-corrected chi connectivity index (χ4v) is 6.31. The van der Waals surface area contributed by atoms with E-state index in [9.17, 15) is 15.0 Å². The Labute approximate surface area is 219 Å². The minimum atomic E-state index is -1.11. The van der Waals surface area contributed by atoms with Crippen molar-refractivity contribution >= 4 is 22.8 Å². The Hall–Kier alpha value is -4.06. The number of nitrogens with one attached hydrogen (secondary N) is 1. The van der Waals surface area contributed by atoms with Gasteiger partial charge in [-0.2, -0.15) is 0 Å². The van der Waals surface area contributed by atoms with E-state index in [-0.39, 0.29) is 17.7 Å². The van der Waals surface area contributed by atoms with Crippen LogP contribution in [-0.4, -0.2) is 53.8 Å². The molecule has 0 bridgehead atoms. The molecule has 8 nitrogen and oxygen atoms in total. The number of Topliss-reactive ketones (excluding diaryl/α,β-unsaturated/α-hetero) is 1. The van der Waals surface area contributed by atoms with Gasteiger partial charge in [0.15, 0.2) is 17.0 Å². The van der Waals surface area contributed by atoms with Gasteiger partial charge in [0.25, 0.3) is 0 Å². The van der Waals surface area contributed by atoms with E-state index < -0.39 is 23.7 Å². The van der Waals surface area contributed by atoms with Crippen LogP contribution in [0.5, 0.6) is 0 Å². The first kappa shape index (κ1) is 23.1. The second kappa shape index (κ2) is 8.48. The summed E-state index contributed by atoms with van der Waals surface area (Å²) in [4.78, 5) is 26.5. The van der Waals surface area contributed by atoms with Crippen molar-refractivity contribution in [3.63, 3.8) is 0 Å². The molecule has 0 saturated heterocycles. The van der Waals surface area contributed by atoms with Gasteiger partial charge < -0.3 is 20.1 Å². The van der Waals surface area contributed by atoms with Gasteiger partial charge in [-0.1, -0.05) is 54.5 Å². The Morgan fingerprint density at radius 1 is 1.05 bits per heavy atom. The van der Waals surface area contributed by atoms with Gasteiger partial charge in [0.2, 0.25) is 5.82 Å². The summed E-state index contributed by atoms with van der Waals surface area (Å²) in [7, 11) is 0. The Morgan fingerprint density at radius 2 is 1.79 bits per heavy atom. The summed E-state index contributed by atoms with van der Waals surface area (Å²) in [5, 5.41) is 25.3. The number of hydrogen-bond donors (Lipinski definition) is 3. The molecule has 3 saturated carbocycles. The number of rotatable bonds is 5. The van der Waals surface area contributed by atoms with Crippen LogP contribution in [0.15, 0.2) is 67.0 Å².